The predicted octanol–water partition coefficient (Wildman–Crippen LogP) is 2.75. The average molecular weight is 340 g/mol. The Bertz CT molecular complexity index is 757. The van der Waals surface area contributed by atoms with Gasteiger partial charge in [0.1, 0.15) is 0 Å². The average Bonchev–Trinajstić information content (AvgIpc) is 3.30. The van der Waals surface area contributed by atoms with Gasteiger partial charge in [-0.3, -0.25) is 9.69 Å². The summed E-state index contributed by atoms with van der Waals surface area (Å²) in [5.41, 5.74) is 2.34. The van der Waals surface area contributed by atoms with Gasteiger partial charge in [0.15, 0.2) is 5.82 Å². The quantitative estimate of drug-likeness (QED) is 0.856. The van der Waals surface area contributed by atoms with Crippen molar-refractivity contribution in [2.75, 3.05) is 24.5 Å². The fourth-order valence-electron chi connectivity index (χ4n) is 3.91. The smallest absolute Gasteiger partial charge is 0.241 e. The predicted molar refractivity (Wildman–Crippen MR) is 94.3 cm³/mol. The van der Waals surface area contributed by atoms with Crippen molar-refractivity contribution in [1.29, 1.82) is 0 Å². The number of benzene rings is 1. The highest BCUT2D eigenvalue weighted by Crippen LogP contribution is 2.31. The Morgan fingerprint density at radius 2 is 2.16 bits per heavy atom. The van der Waals surface area contributed by atoms with E-state index in [1.807, 2.05) is 24.0 Å². The lowest BCUT2D eigenvalue weighted by Crippen LogP contribution is -2.42. The molecule has 1 atom stereocenters. The molecule has 1 saturated heterocycles. The van der Waals surface area contributed by atoms with Crippen LogP contribution >= 0.6 is 0 Å². The van der Waals surface area contributed by atoms with Gasteiger partial charge < -0.3 is 9.42 Å². The molecule has 0 bridgehead atoms. The molecule has 1 fully saturated rings. The summed E-state index contributed by atoms with van der Waals surface area (Å²) in [6.45, 7) is 4.12. The first-order chi connectivity index (χ1) is 12.3. The molecular formula is C19H24N4O2. The molecule has 6 nitrogen and oxygen atoms in total. The number of amides is 1. The van der Waals surface area contributed by atoms with Crippen LogP contribution in [-0.4, -0.2) is 40.6 Å². The van der Waals surface area contributed by atoms with Crippen LogP contribution < -0.4 is 4.90 Å². The molecule has 4 rings (SSSR count). The molecule has 0 aliphatic carbocycles. The van der Waals surface area contributed by atoms with Crippen LogP contribution in [0.2, 0.25) is 0 Å². The van der Waals surface area contributed by atoms with E-state index in [4.69, 9.17) is 4.52 Å². The molecule has 3 heterocycles. The second kappa shape index (κ2) is 6.96. The lowest BCUT2D eigenvalue weighted by atomic mass is 10.0. The Hall–Kier alpha value is -2.21. The first kappa shape index (κ1) is 16.3. The summed E-state index contributed by atoms with van der Waals surface area (Å²) in [7, 11) is 0. The number of likely N-dealkylation sites (tertiary alicyclic amines) is 1. The molecule has 2 aliphatic heterocycles. The van der Waals surface area contributed by atoms with E-state index in [0.29, 0.717) is 12.4 Å². The van der Waals surface area contributed by atoms with Crippen molar-refractivity contribution in [3.63, 3.8) is 0 Å². The van der Waals surface area contributed by atoms with Gasteiger partial charge in [0, 0.05) is 18.7 Å². The van der Waals surface area contributed by atoms with E-state index in [1.165, 1.54) is 5.56 Å². The Balaban J connectivity index is 1.49. The number of carbonyl (C=O) groups excluding carboxylic acids is 1. The minimum Gasteiger partial charge on any atom is -0.339 e. The van der Waals surface area contributed by atoms with Crippen molar-refractivity contribution in [3.8, 4) is 0 Å². The molecule has 6 heteroatoms. The normalized spacial score (nSPS) is 20.7. The first-order valence-corrected chi connectivity index (χ1v) is 9.21. The number of aromatic nitrogens is 2. The van der Waals surface area contributed by atoms with Crippen LogP contribution in [0.5, 0.6) is 0 Å². The van der Waals surface area contributed by atoms with E-state index in [9.17, 15) is 4.79 Å². The third kappa shape index (κ3) is 3.18. The number of hydrogen-bond acceptors (Lipinski definition) is 5. The van der Waals surface area contributed by atoms with Crippen LogP contribution in [-0.2, 0) is 17.6 Å². The Morgan fingerprint density at radius 1 is 1.28 bits per heavy atom. The summed E-state index contributed by atoms with van der Waals surface area (Å²) in [5.74, 6) is 1.55. The topological polar surface area (TPSA) is 62.5 Å². The lowest BCUT2D eigenvalue weighted by Gasteiger charge is -2.31. The maximum absolute atomic E-state index is 13.0. The fourth-order valence-corrected chi connectivity index (χ4v) is 3.91. The van der Waals surface area contributed by atoms with E-state index in [1.54, 1.807) is 0 Å². The van der Waals surface area contributed by atoms with E-state index in [0.717, 1.165) is 56.7 Å². The van der Waals surface area contributed by atoms with Gasteiger partial charge in [-0.25, -0.2) is 0 Å². The molecule has 2 aromatic rings. The molecule has 2 aliphatic rings. The number of hydrogen-bond donors (Lipinski definition) is 0. The van der Waals surface area contributed by atoms with Crippen LogP contribution in [0, 0.1) is 0 Å². The Morgan fingerprint density at radius 3 is 3.00 bits per heavy atom. The van der Waals surface area contributed by atoms with Gasteiger partial charge in [-0.2, -0.15) is 4.98 Å². The molecule has 132 valence electrons. The van der Waals surface area contributed by atoms with E-state index in [2.05, 4.69) is 27.2 Å². The van der Waals surface area contributed by atoms with Gasteiger partial charge in [0.2, 0.25) is 11.8 Å². The highest BCUT2D eigenvalue weighted by Gasteiger charge is 2.33. The summed E-state index contributed by atoms with van der Waals surface area (Å²) in [4.78, 5) is 21.6. The van der Waals surface area contributed by atoms with Crippen molar-refractivity contribution in [3.05, 3.63) is 41.5 Å². The summed E-state index contributed by atoms with van der Waals surface area (Å²) < 4.78 is 5.26. The molecule has 1 aromatic heterocycles. The van der Waals surface area contributed by atoms with E-state index >= 15 is 0 Å². The summed E-state index contributed by atoms with van der Waals surface area (Å²) in [6.07, 6.45) is 4.85. The Labute approximate surface area is 147 Å². The number of aryl methyl sites for hydroxylation is 2. The molecule has 0 radical (unpaired) electrons. The number of anilines is 1. The van der Waals surface area contributed by atoms with Crippen LogP contribution in [0.3, 0.4) is 0 Å². The number of nitrogens with zero attached hydrogens (tertiary/aromatic N) is 4. The third-order valence-corrected chi connectivity index (χ3v) is 5.20. The number of rotatable bonds is 4. The zero-order chi connectivity index (χ0) is 17.2. The van der Waals surface area contributed by atoms with Gasteiger partial charge in [-0.1, -0.05) is 30.3 Å². The molecule has 1 aromatic carbocycles. The van der Waals surface area contributed by atoms with Crippen LogP contribution in [0.1, 0.15) is 49.5 Å². The highest BCUT2D eigenvalue weighted by atomic mass is 16.5. The molecule has 1 unspecified atom stereocenters. The van der Waals surface area contributed by atoms with E-state index in [-0.39, 0.29) is 11.9 Å². The van der Waals surface area contributed by atoms with Crippen molar-refractivity contribution in [2.24, 2.45) is 0 Å². The van der Waals surface area contributed by atoms with Crippen LogP contribution in [0.25, 0.3) is 0 Å². The Kier molecular flexibility index (Phi) is 4.53. The van der Waals surface area contributed by atoms with Gasteiger partial charge in [-0.05, 0) is 43.9 Å². The molecule has 0 saturated carbocycles. The maximum atomic E-state index is 13.0. The number of para-hydroxylation sites is 1. The van der Waals surface area contributed by atoms with Crippen molar-refractivity contribution < 1.29 is 9.32 Å². The fraction of sp³-hybridized carbons (Fsp3) is 0.526. The van der Waals surface area contributed by atoms with Gasteiger partial charge in [-0.15, -0.1) is 0 Å². The lowest BCUT2D eigenvalue weighted by molar-refractivity contribution is -0.120. The summed E-state index contributed by atoms with van der Waals surface area (Å²) in [5, 5.41) is 4.12. The second-order valence-corrected chi connectivity index (χ2v) is 6.81. The standard InChI is InChI=1S/C19H24N4O2/c1-2-17-20-19(21-25-17)16-10-6-11-22(16)13-18(24)23-12-5-8-14-7-3-4-9-15(14)23/h3-4,7,9,16H,2,5-6,8,10-13H2,1H3. The van der Waals surface area contributed by atoms with E-state index < -0.39 is 0 Å². The van der Waals surface area contributed by atoms with Crippen molar-refractivity contribution >= 4 is 11.6 Å². The van der Waals surface area contributed by atoms with Gasteiger partial charge in [0.25, 0.3) is 0 Å². The summed E-state index contributed by atoms with van der Waals surface area (Å²) in [6, 6.07) is 8.33. The minimum absolute atomic E-state index is 0.0908. The highest BCUT2D eigenvalue weighted by molar-refractivity contribution is 5.96. The third-order valence-electron chi connectivity index (χ3n) is 5.20. The zero-order valence-corrected chi connectivity index (χ0v) is 14.6. The zero-order valence-electron chi connectivity index (χ0n) is 14.6. The SMILES string of the molecule is CCc1nc(C2CCCN2CC(=O)N2CCCc3ccccc32)no1. The second-order valence-electron chi connectivity index (χ2n) is 6.81. The first-order valence-electron chi connectivity index (χ1n) is 9.21. The largest absolute Gasteiger partial charge is 0.339 e. The number of fused-ring (bicyclic) bond motifs is 1. The van der Waals surface area contributed by atoms with Gasteiger partial charge in [0.05, 0.1) is 12.6 Å². The van der Waals surface area contributed by atoms with Crippen molar-refractivity contribution in [1.82, 2.24) is 15.0 Å². The minimum atomic E-state index is 0.0908. The number of carbonyl (C=O) groups is 1. The molecule has 0 spiro atoms. The maximum Gasteiger partial charge on any atom is 0.241 e. The molecular weight excluding hydrogens is 316 g/mol. The monoisotopic (exact) mass is 340 g/mol. The van der Waals surface area contributed by atoms with Gasteiger partial charge >= 0.3 is 0 Å². The van der Waals surface area contributed by atoms with Crippen LogP contribution in [0.15, 0.2) is 28.8 Å². The van der Waals surface area contributed by atoms with Crippen molar-refractivity contribution in [2.45, 2.75) is 45.1 Å². The molecule has 25 heavy (non-hydrogen) atoms. The molecule has 1 amide bonds. The molecule has 0 N–H and O–H groups in total. The summed E-state index contributed by atoms with van der Waals surface area (Å²) >= 11 is 0. The van der Waals surface area contributed by atoms with Crippen LogP contribution in [0.4, 0.5) is 5.69 Å².